The molecule has 0 aliphatic heterocycles. The van der Waals surface area contributed by atoms with Gasteiger partial charge in [-0.3, -0.25) is 4.79 Å². The Morgan fingerprint density at radius 3 is 2.50 bits per heavy atom. The van der Waals surface area contributed by atoms with Gasteiger partial charge in [-0.2, -0.15) is 0 Å². The summed E-state index contributed by atoms with van der Waals surface area (Å²) in [7, 11) is 1.31. The highest BCUT2D eigenvalue weighted by atomic mass is 16.5. The number of amides is 1. The van der Waals surface area contributed by atoms with Crippen molar-refractivity contribution in [2.75, 3.05) is 13.7 Å². The molecular weight excluding hydrogens is 210 g/mol. The Labute approximate surface area is 95.2 Å². The van der Waals surface area contributed by atoms with Crippen molar-refractivity contribution in [2.24, 2.45) is 5.92 Å². The van der Waals surface area contributed by atoms with Crippen LogP contribution in [-0.2, 0) is 14.3 Å². The lowest BCUT2D eigenvalue weighted by atomic mass is 9.84. The first-order chi connectivity index (χ1) is 7.69. The fourth-order valence-electron chi connectivity index (χ4n) is 2.18. The quantitative estimate of drug-likeness (QED) is 0.676. The molecule has 1 fully saturated rings. The third kappa shape index (κ3) is 3.48. The summed E-state index contributed by atoms with van der Waals surface area (Å²) >= 11 is 0. The van der Waals surface area contributed by atoms with Crippen LogP contribution in [0.25, 0.3) is 0 Å². The largest absolute Gasteiger partial charge is 0.467 e. The number of aliphatic hydroxyl groups excluding tert-OH is 1. The molecule has 1 saturated carbocycles. The van der Waals surface area contributed by atoms with Gasteiger partial charge < -0.3 is 15.2 Å². The summed E-state index contributed by atoms with van der Waals surface area (Å²) < 4.78 is 4.68. The number of hydrogen-bond donors (Lipinski definition) is 2. The van der Waals surface area contributed by atoms with Crippen LogP contribution in [0.5, 0.6) is 0 Å². The summed E-state index contributed by atoms with van der Waals surface area (Å²) in [4.78, 5) is 22.7. The molecule has 0 bridgehead atoms. The zero-order chi connectivity index (χ0) is 12.0. The molecule has 0 unspecified atom stereocenters. The van der Waals surface area contributed by atoms with Gasteiger partial charge in [0.15, 0.2) is 0 Å². The first-order valence-corrected chi connectivity index (χ1v) is 5.67. The predicted octanol–water partition coefficient (Wildman–Crippen LogP) is 0.217. The average Bonchev–Trinajstić information content (AvgIpc) is 2.35. The number of aliphatic hydroxyl groups is 1. The highest BCUT2D eigenvalue weighted by Gasteiger charge is 2.31. The maximum absolute atomic E-state index is 11.5. The van der Waals surface area contributed by atoms with Gasteiger partial charge >= 0.3 is 5.97 Å². The predicted molar refractivity (Wildman–Crippen MR) is 57.6 cm³/mol. The number of nitrogens with one attached hydrogen (secondary N) is 1. The SMILES string of the molecule is COC(=O)[C@@H](NC(=O)CO)C1CCCCC1. The Kier molecular flexibility index (Phi) is 5.25. The van der Waals surface area contributed by atoms with Gasteiger partial charge in [0, 0.05) is 0 Å². The van der Waals surface area contributed by atoms with Crippen LogP contribution in [0.1, 0.15) is 32.1 Å². The molecule has 1 atom stereocenters. The number of hydrogen-bond acceptors (Lipinski definition) is 4. The molecule has 1 amide bonds. The highest BCUT2D eigenvalue weighted by molar-refractivity contribution is 5.85. The fraction of sp³-hybridized carbons (Fsp3) is 0.818. The third-order valence-electron chi connectivity index (χ3n) is 3.04. The molecule has 0 aromatic carbocycles. The van der Waals surface area contributed by atoms with E-state index >= 15 is 0 Å². The smallest absolute Gasteiger partial charge is 0.328 e. The molecule has 1 aliphatic rings. The van der Waals surface area contributed by atoms with Gasteiger partial charge in [0.25, 0.3) is 0 Å². The monoisotopic (exact) mass is 229 g/mol. The van der Waals surface area contributed by atoms with E-state index in [2.05, 4.69) is 10.1 Å². The molecule has 1 aliphatic carbocycles. The van der Waals surface area contributed by atoms with Crippen molar-refractivity contribution in [1.82, 2.24) is 5.32 Å². The van der Waals surface area contributed by atoms with E-state index in [1.165, 1.54) is 13.5 Å². The lowest BCUT2D eigenvalue weighted by Crippen LogP contribution is -2.48. The molecule has 0 spiro atoms. The van der Waals surface area contributed by atoms with E-state index in [1.54, 1.807) is 0 Å². The maximum Gasteiger partial charge on any atom is 0.328 e. The minimum absolute atomic E-state index is 0.136. The van der Waals surface area contributed by atoms with Crippen LogP contribution in [0.4, 0.5) is 0 Å². The van der Waals surface area contributed by atoms with Crippen molar-refractivity contribution in [3.05, 3.63) is 0 Å². The van der Waals surface area contributed by atoms with E-state index in [-0.39, 0.29) is 5.92 Å². The Hall–Kier alpha value is -1.10. The average molecular weight is 229 g/mol. The number of carbonyl (C=O) groups is 2. The molecule has 1 rings (SSSR count). The standard InChI is InChI=1S/C11H19NO4/c1-16-11(15)10(12-9(14)7-13)8-5-3-2-4-6-8/h8,10,13H,2-7H2,1H3,(H,12,14)/t10-/m0/s1. The van der Waals surface area contributed by atoms with Crippen LogP contribution in [0.3, 0.4) is 0 Å². The Morgan fingerprint density at radius 1 is 1.38 bits per heavy atom. The normalized spacial score (nSPS) is 18.9. The molecule has 5 nitrogen and oxygen atoms in total. The van der Waals surface area contributed by atoms with Crippen molar-refractivity contribution in [3.8, 4) is 0 Å². The molecule has 2 N–H and O–H groups in total. The van der Waals surface area contributed by atoms with E-state index in [4.69, 9.17) is 5.11 Å². The van der Waals surface area contributed by atoms with E-state index in [1.807, 2.05) is 0 Å². The fourth-order valence-corrected chi connectivity index (χ4v) is 2.18. The molecule has 5 heteroatoms. The Bertz CT molecular complexity index is 248. The molecule has 16 heavy (non-hydrogen) atoms. The van der Waals surface area contributed by atoms with Gasteiger partial charge in [-0.1, -0.05) is 19.3 Å². The summed E-state index contributed by atoms with van der Waals surface area (Å²) in [6.45, 7) is -0.597. The van der Waals surface area contributed by atoms with E-state index in [0.29, 0.717) is 0 Å². The van der Waals surface area contributed by atoms with Crippen molar-refractivity contribution in [1.29, 1.82) is 0 Å². The van der Waals surface area contributed by atoms with Crippen LogP contribution in [0, 0.1) is 5.92 Å². The number of carbonyl (C=O) groups excluding carboxylic acids is 2. The van der Waals surface area contributed by atoms with Crippen molar-refractivity contribution in [2.45, 2.75) is 38.1 Å². The number of ether oxygens (including phenoxy) is 1. The summed E-state index contributed by atoms with van der Waals surface area (Å²) in [6, 6.07) is -0.607. The number of rotatable bonds is 4. The first kappa shape index (κ1) is 13.0. The van der Waals surface area contributed by atoms with Gasteiger partial charge in [0.2, 0.25) is 5.91 Å². The van der Waals surface area contributed by atoms with Gasteiger partial charge in [-0.25, -0.2) is 4.79 Å². The number of esters is 1. The van der Waals surface area contributed by atoms with Crippen molar-refractivity contribution in [3.63, 3.8) is 0 Å². The van der Waals surface area contributed by atoms with Gasteiger partial charge in [0.05, 0.1) is 7.11 Å². The van der Waals surface area contributed by atoms with Gasteiger partial charge in [-0.15, -0.1) is 0 Å². The molecule has 0 heterocycles. The molecule has 0 saturated heterocycles. The van der Waals surface area contributed by atoms with E-state index in [9.17, 15) is 9.59 Å². The van der Waals surface area contributed by atoms with E-state index < -0.39 is 24.5 Å². The van der Waals surface area contributed by atoms with Crippen LogP contribution >= 0.6 is 0 Å². The Balaban J connectivity index is 2.61. The second kappa shape index (κ2) is 6.48. The molecule has 92 valence electrons. The zero-order valence-corrected chi connectivity index (χ0v) is 9.57. The summed E-state index contributed by atoms with van der Waals surface area (Å²) in [6.07, 6.45) is 5.18. The number of methoxy groups -OCH3 is 1. The highest BCUT2D eigenvalue weighted by Crippen LogP contribution is 2.26. The lowest BCUT2D eigenvalue weighted by Gasteiger charge is -2.28. The second-order valence-electron chi connectivity index (χ2n) is 4.12. The van der Waals surface area contributed by atoms with Crippen LogP contribution in [0.2, 0.25) is 0 Å². The first-order valence-electron chi connectivity index (χ1n) is 5.67. The topological polar surface area (TPSA) is 75.6 Å². The van der Waals surface area contributed by atoms with E-state index in [0.717, 1.165) is 25.7 Å². The molecule has 0 aromatic rings. The van der Waals surface area contributed by atoms with Gasteiger partial charge in [-0.05, 0) is 18.8 Å². The summed E-state index contributed by atoms with van der Waals surface area (Å²) in [5.74, 6) is -0.814. The lowest BCUT2D eigenvalue weighted by molar-refractivity contribution is -0.147. The van der Waals surface area contributed by atoms with Crippen LogP contribution in [0.15, 0.2) is 0 Å². The second-order valence-corrected chi connectivity index (χ2v) is 4.12. The van der Waals surface area contributed by atoms with Crippen molar-refractivity contribution >= 4 is 11.9 Å². The molecule has 0 radical (unpaired) electrons. The minimum Gasteiger partial charge on any atom is -0.467 e. The van der Waals surface area contributed by atoms with Crippen LogP contribution < -0.4 is 5.32 Å². The van der Waals surface area contributed by atoms with Crippen molar-refractivity contribution < 1.29 is 19.4 Å². The maximum atomic E-state index is 11.5. The summed E-state index contributed by atoms with van der Waals surface area (Å²) in [5.41, 5.74) is 0. The minimum atomic E-state index is -0.607. The van der Waals surface area contributed by atoms with Crippen LogP contribution in [-0.4, -0.2) is 36.7 Å². The van der Waals surface area contributed by atoms with Gasteiger partial charge in [0.1, 0.15) is 12.6 Å². The summed E-state index contributed by atoms with van der Waals surface area (Å²) in [5, 5.41) is 11.2. The third-order valence-corrected chi connectivity index (χ3v) is 3.04. The zero-order valence-electron chi connectivity index (χ0n) is 9.57. The molecule has 0 aromatic heterocycles. The Morgan fingerprint density at radius 2 is 2.00 bits per heavy atom. The molecular formula is C11H19NO4.